The van der Waals surface area contributed by atoms with Gasteiger partial charge in [-0.25, -0.2) is 4.79 Å². The Kier molecular flexibility index (Phi) is 5.53. The quantitative estimate of drug-likeness (QED) is 0.798. The van der Waals surface area contributed by atoms with Crippen LogP contribution in [0.4, 0.5) is 10.5 Å². The number of aryl methyl sites for hydroxylation is 1. The van der Waals surface area contributed by atoms with E-state index in [9.17, 15) is 4.79 Å². The largest absolute Gasteiger partial charge is 0.368 e. The van der Waals surface area contributed by atoms with Gasteiger partial charge in [0.25, 0.3) is 0 Å². The molecule has 2 N–H and O–H groups in total. The third kappa shape index (κ3) is 5.52. The van der Waals surface area contributed by atoms with Crippen LogP contribution < -0.4 is 15.5 Å². The summed E-state index contributed by atoms with van der Waals surface area (Å²) in [5.74, 6) is -0.380. The fourth-order valence-corrected chi connectivity index (χ4v) is 4.00. The zero-order valence-electron chi connectivity index (χ0n) is 20.2. The molecule has 2 aliphatic rings. The number of hydrogen-bond donors (Lipinski definition) is 2. The third-order valence-electron chi connectivity index (χ3n) is 5.51. The minimum absolute atomic E-state index is 0.0143. The predicted molar refractivity (Wildman–Crippen MR) is 113 cm³/mol. The number of nitrogens with one attached hydrogen (secondary N) is 2. The van der Waals surface area contributed by atoms with Crippen LogP contribution in [0.3, 0.4) is 0 Å². The molecule has 0 atom stereocenters. The smallest absolute Gasteiger partial charge is 0.314 e. The van der Waals surface area contributed by atoms with Crippen molar-refractivity contribution < 1.29 is 10.3 Å². The van der Waals surface area contributed by atoms with Gasteiger partial charge in [-0.3, -0.25) is 4.90 Å². The SMILES string of the molecule is [2H]C([2H])(N1CCN(c2cccc(C)c2Cl)CC1)C([2H])([2H])[C@H]1CC[C@H](NC(=O)NC)CC1. The van der Waals surface area contributed by atoms with Gasteiger partial charge in [0, 0.05) is 44.8 Å². The van der Waals surface area contributed by atoms with Crippen LogP contribution in [0.25, 0.3) is 0 Å². The molecule has 6 heteroatoms. The van der Waals surface area contributed by atoms with Crippen molar-refractivity contribution in [2.75, 3.05) is 44.6 Å². The summed E-state index contributed by atoms with van der Waals surface area (Å²) in [4.78, 5) is 15.3. The number of nitrogens with zero attached hydrogens (tertiary/aromatic N) is 2. The van der Waals surface area contributed by atoms with Crippen molar-refractivity contribution in [2.45, 2.75) is 45.0 Å². The predicted octanol–water partition coefficient (Wildman–Crippen LogP) is 3.65. The minimum Gasteiger partial charge on any atom is -0.368 e. The van der Waals surface area contributed by atoms with Gasteiger partial charge in [-0.2, -0.15) is 0 Å². The average molecular weight is 397 g/mol. The van der Waals surface area contributed by atoms with Crippen LogP contribution in [0, 0.1) is 12.8 Å². The molecule has 0 unspecified atom stereocenters. The van der Waals surface area contributed by atoms with Crippen molar-refractivity contribution in [3.05, 3.63) is 28.8 Å². The highest BCUT2D eigenvalue weighted by Crippen LogP contribution is 2.30. The van der Waals surface area contributed by atoms with Gasteiger partial charge < -0.3 is 15.5 Å². The Morgan fingerprint density at radius 2 is 1.93 bits per heavy atom. The Balaban J connectivity index is 1.61. The molecule has 3 rings (SSSR count). The summed E-state index contributed by atoms with van der Waals surface area (Å²) in [6, 6.07) is 5.70. The number of carbonyl (C=O) groups excluding carboxylic acids is 1. The number of amides is 2. The molecule has 150 valence electrons. The summed E-state index contributed by atoms with van der Waals surface area (Å²) in [6.45, 7) is 1.97. The molecule has 0 radical (unpaired) electrons. The van der Waals surface area contributed by atoms with Crippen LogP contribution in [0.1, 0.15) is 43.1 Å². The van der Waals surface area contributed by atoms with E-state index in [1.54, 1.807) is 11.9 Å². The van der Waals surface area contributed by atoms with E-state index in [0.717, 1.165) is 16.3 Å². The Labute approximate surface area is 174 Å². The maximum absolute atomic E-state index is 11.5. The number of halogens is 1. The molecule has 0 aromatic heterocycles. The van der Waals surface area contributed by atoms with Gasteiger partial charge in [-0.15, -0.1) is 0 Å². The van der Waals surface area contributed by atoms with Crippen LogP contribution in [-0.2, 0) is 0 Å². The Bertz CT molecular complexity index is 779. The number of urea groups is 1. The second-order valence-corrected chi connectivity index (χ2v) is 7.79. The van der Waals surface area contributed by atoms with Crippen molar-refractivity contribution in [1.29, 1.82) is 0 Å². The highest BCUT2D eigenvalue weighted by molar-refractivity contribution is 6.34. The maximum atomic E-state index is 11.5. The molecule has 0 spiro atoms. The molecule has 5 nitrogen and oxygen atoms in total. The fraction of sp³-hybridized carbons (Fsp3) is 0.667. The fourth-order valence-electron chi connectivity index (χ4n) is 3.76. The second-order valence-electron chi connectivity index (χ2n) is 7.41. The molecule has 1 heterocycles. The van der Waals surface area contributed by atoms with E-state index in [2.05, 4.69) is 15.5 Å². The summed E-state index contributed by atoms with van der Waals surface area (Å²) in [5, 5.41) is 6.14. The van der Waals surface area contributed by atoms with Crippen molar-refractivity contribution in [3.63, 3.8) is 0 Å². The molecule has 0 bridgehead atoms. The van der Waals surface area contributed by atoms with E-state index in [-0.39, 0.29) is 18.0 Å². The lowest BCUT2D eigenvalue weighted by molar-refractivity contribution is 0.206. The number of carbonyl (C=O) groups is 1. The van der Waals surface area contributed by atoms with E-state index < -0.39 is 12.9 Å². The van der Waals surface area contributed by atoms with Crippen molar-refractivity contribution >= 4 is 23.3 Å². The van der Waals surface area contributed by atoms with Crippen LogP contribution in [0.2, 0.25) is 5.02 Å². The number of hydrogen-bond acceptors (Lipinski definition) is 3. The van der Waals surface area contributed by atoms with E-state index in [1.165, 1.54) is 0 Å². The molecule has 2 amide bonds. The molecule has 1 aliphatic heterocycles. The van der Waals surface area contributed by atoms with Crippen LogP contribution in [-0.4, -0.2) is 56.7 Å². The lowest BCUT2D eigenvalue weighted by Crippen LogP contribution is -2.47. The van der Waals surface area contributed by atoms with Crippen molar-refractivity contribution in [2.24, 2.45) is 5.92 Å². The monoisotopic (exact) mass is 396 g/mol. The van der Waals surface area contributed by atoms with Gasteiger partial charge in [0.1, 0.15) is 0 Å². The van der Waals surface area contributed by atoms with Crippen LogP contribution >= 0.6 is 11.6 Å². The molecule has 1 aromatic carbocycles. The highest BCUT2D eigenvalue weighted by Gasteiger charge is 2.24. The standard InChI is InChI=1S/C21H33ClN4O/c1-16-4-3-5-19(20(16)22)26-14-12-25(13-15-26)11-10-17-6-8-18(9-7-17)24-21(27)23-2/h3-5,17-18H,6-15H2,1-2H3,(H2,23,24,27)/t17-,18-/i10D2,11D2. The molecule has 1 saturated heterocycles. The van der Waals surface area contributed by atoms with E-state index >= 15 is 0 Å². The summed E-state index contributed by atoms with van der Waals surface area (Å²) in [7, 11) is 1.57. The van der Waals surface area contributed by atoms with E-state index in [1.807, 2.05) is 25.1 Å². The first-order valence-corrected chi connectivity index (χ1v) is 10.2. The molecule has 1 saturated carbocycles. The summed E-state index contributed by atoms with van der Waals surface area (Å²) < 4.78 is 34.8. The van der Waals surface area contributed by atoms with E-state index in [4.69, 9.17) is 17.1 Å². The van der Waals surface area contributed by atoms with Gasteiger partial charge in [-0.05, 0) is 63.0 Å². The van der Waals surface area contributed by atoms with Gasteiger partial charge in [0.15, 0.2) is 0 Å². The zero-order valence-corrected chi connectivity index (χ0v) is 17.0. The molecular formula is C21H33ClN4O. The molecule has 2 fully saturated rings. The minimum atomic E-state index is -2.07. The van der Waals surface area contributed by atoms with Gasteiger partial charge in [-0.1, -0.05) is 23.7 Å². The second kappa shape index (κ2) is 9.65. The number of benzene rings is 1. The number of piperazine rings is 1. The molecular weight excluding hydrogens is 360 g/mol. The topological polar surface area (TPSA) is 47.6 Å². The first kappa shape index (κ1) is 15.5. The summed E-state index contributed by atoms with van der Waals surface area (Å²) >= 11 is 6.46. The highest BCUT2D eigenvalue weighted by atomic mass is 35.5. The van der Waals surface area contributed by atoms with Gasteiger partial charge in [0.05, 0.1) is 10.7 Å². The summed E-state index contributed by atoms with van der Waals surface area (Å²) in [6.07, 6.45) is 0.453. The zero-order chi connectivity index (χ0) is 22.8. The van der Waals surface area contributed by atoms with E-state index in [0.29, 0.717) is 51.9 Å². The van der Waals surface area contributed by atoms with Crippen LogP contribution in [0.15, 0.2) is 18.2 Å². The van der Waals surface area contributed by atoms with Crippen molar-refractivity contribution in [1.82, 2.24) is 15.5 Å². The number of anilines is 1. The Morgan fingerprint density at radius 3 is 2.59 bits per heavy atom. The first-order chi connectivity index (χ1) is 14.6. The van der Waals surface area contributed by atoms with Gasteiger partial charge >= 0.3 is 6.03 Å². The van der Waals surface area contributed by atoms with Crippen LogP contribution in [0.5, 0.6) is 0 Å². The number of rotatable bonds is 5. The summed E-state index contributed by atoms with van der Waals surface area (Å²) in [5.41, 5.74) is 1.96. The Hall–Kier alpha value is -1.46. The average Bonchev–Trinajstić information content (AvgIpc) is 2.76. The first-order valence-electron chi connectivity index (χ1n) is 11.8. The lowest BCUT2D eigenvalue weighted by atomic mass is 9.84. The molecule has 1 aromatic rings. The van der Waals surface area contributed by atoms with Gasteiger partial charge in [0.2, 0.25) is 0 Å². The maximum Gasteiger partial charge on any atom is 0.314 e. The Morgan fingerprint density at radius 1 is 1.22 bits per heavy atom. The lowest BCUT2D eigenvalue weighted by Gasteiger charge is -2.37. The third-order valence-corrected chi connectivity index (χ3v) is 6.00. The normalized spacial score (nSPS) is 27.1. The molecule has 1 aliphatic carbocycles. The van der Waals surface area contributed by atoms with Crippen molar-refractivity contribution in [3.8, 4) is 0 Å². The molecule has 27 heavy (non-hydrogen) atoms.